The summed E-state index contributed by atoms with van der Waals surface area (Å²) < 4.78 is 38.0. The number of anilines is 1. The largest absolute Gasteiger partial charge is 0.416 e. The summed E-state index contributed by atoms with van der Waals surface area (Å²) in [4.78, 5) is 17.9. The fraction of sp³-hybridized carbons (Fsp3) is 0.250. The average Bonchev–Trinajstić information content (AvgIpc) is 2.96. The van der Waals surface area contributed by atoms with Gasteiger partial charge in [-0.15, -0.1) is 0 Å². The molecule has 0 spiro atoms. The average molecular weight is 321 g/mol. The molecule has 1 aromatic carbocycles. The van der Waals surface area contributed by atoms with Crippen molar-refractivity contribution < 1.29 is 18.0 Å². The normalized spacial score (nSPS) is 13.8. The number of aromatic nitrogens is 1. The number of nitrogens with one attached hydrogen (secondary N) is 1. The van der Waals surface area contributed by atoms with Crippen molar-refractivity contribution in [3.05, 3.63) is 59.4 Å². The number of hydrogen-bond donors (Lipinski definition) is 1. The second-order valence-electron chi connectivity index (χ2n) is 5.33. The van der Waals surface area contributed by atoms with E-state index in [4.69, 9.17) is 0 Å². The SMILES string of the molecule is O=C(CNc1cccc(C(F)(F)F)c1)N1Cc2ccncc2C1. The highest BCUT2D eigenvalue weighted by molar-refractivity contribution is 5.81. The molecule has 2 heterocycles. The Morgan fingerprint density at radius 3 is 2.74 bits per heavy atom. The van der Waals surface area contributed by atoms with Crippen LogP contribution >= 0.6 is 0 Å². The number of fused-ring (bicyclic) bond motifs is 1. The Hall–Kier alpha value is -2.57. The molecule has 120 valence electrons. The minimum Gasteiger partial charge on any atom is -0.376 e. The maximum Gasteiger partial charge on any atom is 0.416 e. The minimum atomic E-state index is -4.40. The lowest BCUT2D eigenvalue weighted by Crippen LogP contribution is -2.31. The van der Waals surface area contributed by atoms with Gasteiger partial charge in [-0.2, -0.15) is 13.2 Å². The molecular weight excluding hydrogens is 307 g/mol. The number of pyridine rings is 1. The number of alkyl halides is 3. The summed E-state index contributed by atoms with van der Waals surface area (Å²) in [7, 11) is 0. The monoisotopic (exact) mass is 321 g/mol. The molecule has 2 aromatic rings. The van der Waals surface area contributed by atoms with Crippen LogP contribution in [0.15, 0.2) is 42.7 Å². The maximum atomic E-state index is 12.7. The zero-order chi connectivity index (χ0) is 16.4. The lowest BCUT2D eigenvalue weighted by molar-refractivity contribution is -0.137. The first kappa shape index (κ1) is 15.3. The molecule has 7 heteroatoms. The third-order valence-electron chi connectivity index (χ3n) is 3.71. The number of halogens is 3. The van der Waals surface area contributed by atoms with Gasteiger partial charge in [0, 0.05) is 31.2 Å². The number of amides is 1. The van der Waals surface area contributed by atoms with Crippen LogP contribution in [-0.4, -0.2) is 22.3 Å². The number of benzene rings is 1. The minimum absolute atomic E-state index is 0.0528. The number of nitrogens with zero attached hydrogens (tertiary/aromatic N) is 2. The maximum absolute atomic E-state index is 12.7. The molecule has 1 amide bonds. The Kier molecular flexibility index (Phi) is 3.94. The van der Waals surface area contributed by atoms with Crippen LogP contribution < -0.4 is 5.32 Å². The van der Waals surface area contributed by atoms with E-state index in [1.807, 2.05) is 6.07 Å². The van der Waals surface area contributed by atoms with Crippen LogP contribution in [0.3, 0.4) is 0 Å². The van der Waals surface area contributed by atoms with Crippen LogP contribution in [0.5, 0.6) is 0 Å². The standard InChI is InChI=1S/C16H14F3N3O/c17-16(18,19)13-2-1-3-14(6-13)21-8-15(23)22-9-11-4-5-20-7-12(11)10-22/h1-7,21H,8-10H2. The number of rotatable bonds is 3. The van der Waals surface area contributed by atoms with Gasteiger partial charge in [0.1, 0.15) is 0 Å². The van der Waals surface area contributed by atoms with Crippen molar-refractivity contribution in [1.29, 1.82) is 0 Å². The van der Waals surface area contributed by atoms with Crippen molar-refractivity contribution >= 4 is 11.6 Å². The van der Waals surface area contributed by atoms with Crippen molar-refractivity contribution in [1.82, 2.24) is 9.88 Å². The quantitative estimate of drug-likeness (QED) is 0.945. The summed E-state index contributed by atoms with van der Waals surface area (Å²) in [6, 6.07) is 6.67. The topological polar surface area (TPSA) is 45.2 Å². The van der Waals surface area contributed by atoms with E-state index in [2.05, 4.69) is 10.3 Å². The molecule has 1 aromatic heterocycles. The van der Waals surface area contributed by atoms with Crippen molar-refractivity contribution in [3.8, 4) is 0 Å². The van der Waals surface area contributed by atoms with Crippen LogP contribution in [0.1, 0.15) is 16.7 Å². The predicted octanol–water partition coefficient (Wildman–Crippen LogP) is 3.05. The Bertz CT molecular complexity index is 706. The van der Waals surface area contributed by atoms with Gasteiger partial charge >= 0.3 is 6.18 Å². The van der Waals surface area contributed by atoms with Crippen molar-refractivity contribution in [3.63, 3.8) is 0 Å². The molecule has 1 aliphatic heterocycles. The van der Waals surface area contributed by atoms with Gasteiger partial charge in [0.25, 0.3) is 0 Å². The lowest BCUT2D eigenvalue weighted by Gasteiger charge is -2.16. The van der Waals surface area contributed by atoms with E-state index in [0.29, 0.717) is 13.1 Å². The summed E-state index contributed by atoms with van der Waals surface area (Å²) in [5.41, 5.74) is 1.58. The van der Waals surface area contributed by atoms with E-state index in [0.717, 1.165) is 23.3 Å². The van der Waals surface area contributed by atoms with E-state index in [1.165, 1.54) is 12.1 Å². The fourth-order valence-electron chi connectivity index (χ4n) is 2.49. The summed E-state index contributed by atoms with van der Waals surface area (Å²) >= 11 is 0. The van der Waals surface area contributed by atoms with E-state index >= 15 is 0 Å². The fourth-order valence-corrected chi connectivity index (χ4v) is 2.49. The number of carbonyl (C=O) groups excluding carboxylic acids is 1. The summed E-state index contributed by atoms with van der Waals surface area (Å²) in [5.74, 6) is -0.168. The molecule has 0 saturated carbocycles. The van der Waals surface area contributed by atoms with E-state index in [-0.39, 0.29) is 18.1 Å². The van der Waals surface area contributed by atoms with Crippen LogP contribution in [0.25, 0.3) is 0 Å². The molecule has 0 fully saturated rings. The Balaban J connectivity index is 1.60. The van der Waals surface area contributed by atoms with Gasteiger partial charge in [0.15, 0.2) is 0 Å². The smallest absolute Gasteiger partial charge is 0.376 e. The predicted molar refractivity (Wildman–Crippen MR) is 78.4 cm³/mol. The van der Waals surface area contributed by atoms with E-state index in [9.17, 15) is 18.0 Å². The van der Waals surface area contributed by atoms with Crippen molar-refractivity contribution in [2.45, 2.75) is 19.3 Å². The van der Waals surface area contributed by atoms with Gasteiger partial charge in [-0.25, -0.2) is 0 Å². The van der Waals surface area contributed by atoms with Gasteiger partial charge < -0.3 is 10.2 Å². The summed E-state index contributed by atoms with van der Waals surface area (Å²) in [6.07, 6.45) is -0.998. The number of hydrogen-bond acceptors (Lipinski definition) is 3. The third-order valence-corrected chi connectivity index (χ3v) is 3.71. The molecule has 0 saturated heterocycles. The molecular formula is C16H14F3N3O. The van der Waals surface area contributed by atoms with Gasteiger partial charge in [-0.1, -0.05) is 6.07 Å². The van der Waals surface area contributed by atoms with E-state index in [1.54, 1.807) is 17.3 Å². The van der Waals surface area contributed by atoms with Gasteiger partial charge in [-0.3, -0.25) is 9.78 Å². The summed E-state index contributed by atoms with van der Waals surface area (Å²) in [5, 5.41) is 2.75. The summed E-state index contributed by atoms with van der Waals surface area (Å²) in [6.45, 7) is 0.927. The molecule has 1 aliphatic rings. The number of carbonyl (C=O) groups is 1. The molecule has 0 bridgehead atoms. The molecule has 23 heavy (non-hydrogen) atoms. The highest BCUT2D eigenvalue weighted by Gasteiger charge is 2.30. The Morgan fingerprint density at radius 1 is 1.22 bits per heavy atom. The first-order valence-electron chi connectivity index (χ1n) is 7.04. The highest BCUT2D eigenvalue weighted by Crippen LogP contribution is 2.30. The highest BCUT2D eigenvalue weighted by atomic mass is 19.4. The zero-order valence-electron chi connectivity index (χ0n) is 12.1. The second kappa shape index (κ2) is 5.91. The first-order chi connectivity index (χ1) is 10.9. The van der Waals surface area contributed by atoms with Gasteiger partial charge in [-0.05, 0) is 35.4 Å². The molecule has 3 rings (SSSR count). The molecule has 4 nitrogen and oxygen atoms in total. The zero-order valence-corrected chi connectivity index (χ0v) is 12.1. The molecule has 1 N–H and O–H groups in total. The molecule has 0 radical (unpaired) electrons. The third kappa shape index (κ3) is 3.44. The van der Waals surface area contributed by atoms with Crippen LogP contribution in [0.2, 0.25) is 0 Å². The van der Waals surface area contributed by atoms with E-state index < -0.39 is 11.7 Å². The Labute approximate surface area is 130 Å². The van der Waals surface area contributed by atoms with Crippen LogP contribution in [-0.2, 0) is 24.1 Å². The Morgan fingerprint density at radius 2 is 2.00 bits per heavy atom. The van der Waals surface area contributed by atoms with Crippen molar-refractivity contribution in [2.75, 3.05) is 11.9 Å². The van der Waals surface area contributed by atoms with Crippen LogP contribution in [0, 0.1) is 0 Å². The van der Waals surface area contributed by atoms with Crippen LogP contribution in [0.4, 0.5) is 18.9 Å². The van der Waals surface area contributed by atoms with Crippen molar-refractivity contribution in [2.24, 2.45) is 0 Å². The second-order valence-corrected chi connectivity index (χ2v) is 5.33. The molecule has 0 atom stereocenters. The first-order valence-corrected chi connectivity index (χ1v) is 7.04. The van der Waals surface area contributed by atoms with Gasteiger partial charge in [0.2, 0.25) is 5.91 Å². The lowest BCUT2D eigenvalue weighted by atomic mass is 10.2. The molecule has 0 aliphatic carbocycles. The van der Waals surface area contributed by atoms with Gasteiger partial charge in [0.05, 0.1) is 12.1 Å². The molecule has 0 unspecified atom stereocenters.